The average molecular weight is 449 g/mol. The second-order valence-electron chi connectivity index (χ2n) is 8.46. The highest BCUT2D eigenvalue weighted by molar-refractivity contribution is 5.94. The minimum atomic E-state index is -1.17. The van der Waals surface area contributed by atoms with E-state index in [0.717, 1.165) is 12.0 Å². The molecule has 0 heterocycles. The molecule has 32 heavy (non-hydrogen) atoms. The van der Waals surface area contributed by atoms with Crippen LogP contribution in [0.15, 0.2) is 30.3 Å². The predicted octanol–water partition coefficient (Wildman–Crippen LogP) is 0.817. The van der Waals surface area contributed by atoms with Gasteiger partial charge in [0.25, 0.3) is 0 Å². The lowest BCUT2D eigenvalue weighted by molar-refractivity contribution is -0.142. The molecule has 6 N–H and O–H groups in total. The van der Waals surface area contributed by atoms with Gasteiger partial charge in [0.05, 0.1) is 6.04 Å². The van der Waals surface area contributed by atoms with Gasteiger partial charge in [-0.25, -0.2) is 4.79 Å². The van der Waals surface area contributed by atoms with Gasteiger partial charge in [0.2, 0.25) is 17.7 Å². The molecule has 0 saturated heterocycles. The highest BCUT2D eigenvalue weighted by Gasteiger charge is 2.30. The molecule has 0 aliphatic rings. The Morgan fingerprint density at radius 1 is 0.906 bits per heavy atom. The lowest BCUT2D eigenvalue weighted by Gasteiger charge is -2.26. The SMILES string of the molecule is CCC(C)C(N)C(=O)NC(C(=O)NC(C)C(=O)NC(Cc1ccccc1)C(=O)O)C(C)C. The second-order valence-corrected chi connectivity index (χ2v) is 8.46. The summed E-state index contributed by atoms with van der Waals surface area (Å²) < 4.78 is 0. The lowest BCUT2D eigenvalue weighted by Crippen LogP contribution is -2.58. The predicted molar refractivity (Wildman–Crippen MR) is 122 cm³/mol. The van der Waals surface area contributed by atoms with Gasteiger partial charge in [0.1, 0.15) is 18.1 Å². The van der Waals surface area contributed by atoms with E-state index < -0.39 is 47.9 Å². The summed E-state index contributed by atoms with van der Waals surface area (Å²) >= 11 is 0. The Bertz CT molecular complexity index is 784. The fraction of sp³-hybridized carbons (Fsp3) is 0.565. The Balaban J connectivity index is 2.76. The molecule has 0 bridgehead atoms. The summed E-state index contributed by atoms with van der Waals surface area (Å²) in [5.41, 5.74) is 6.71. The van der Waals surface area contributed by atoms with E-state index in [0.29, 0.717) is 0 Å². The van der Waals surface area contributed by atoms with Gasteiger partial charge in [-0.05, 0) is 24.3 Å². The third-order valence-corrected chi connectivity index (χ3v) is 5.46. The first kappa shape index (κ1) is 27.1. The summed E-state index contributed by atoms with van der Waals surface area (Å²) in [4.78, 5) is 49.3. The number of carbonyl (C=O) groups excluding carboxylic acids is 3. The van der Waals surface area contributed by atoms with Crippen molar-refractivity contribution in [3.05, 3.63) is 35.9 Å². The van der Waals surface area contributed by atoms with E-state index in [9.17, 15) is 24.3 Å². The van der Waals surface area contributed by atoms with E-state index in [4.69, 9.17) is 5.73 Å². The molecule has 0 aliphatic heterocycles. The molecule has 178 valence electrons. The Kier molecular flexibility index (Phi) is 10.8. The Labute approximate surface area is 189 Å². The van der Waals surface area contributed by atoms with E-state index in [1.807, 2.05) is 19.9 Å². The van der Waals surface area contributed by atoms with Crippen LogP contribution >= 0.6 is 0 Å². The van der Waals surface area contributed by atoms with Crippen molar-refractivity contribution in [2.75, 3.05) is 0 Å². The molecule has 9 heteroatoms. The number of amides is 3. The number of nitrogens with two attached hydrogens (primary N) is 1. The molecule has 3 amide bonds. The second kappa shape index (κ2) is 12.8. The van der Waals surface area contributed by atoms with Crippen LogP contribution < -0.4 is 21.7 Å². The number of carboxylic acid groups (broad SMARTS) is 1. The molecule has 0 aromatic heterocycles. The zero-order valence-electron chi connectivity index (χ0n) is 19.4. The van der Waals surface area contributed by atoms with Crippen LogP contribution in [-0.2, 0) is 25.6 Å². The maximum atomic E-state index is 12.7. The summed E-state index contributed by atoms with van der Waals surface area (Å²) in [6, 6.07) is 5.16. The van der Waals surface area contributed by atoms with Crippen LogP contribution in [0.4, 0.5) is 0 Å². The Morgan fingerprint density at radius 3 is 2.00 bits per heavy atom. The molecule has 0 saturated carbocycles. The van der Waals surface area contributed by atoms with Crippen molar-refractivity contribution >= 4 is 23.7 Å². The number of nitrogens with one attached hydrogen (secondary N) is 3. The largest absolute Gasteiger partial charge is 0.480 e. The fourth-order valence-electron chi connectivity index (χ4n) is 3.01. The third kappa shape index (κ3) is 8.30. The van der Waals surface area contributed by atoms with Crippen LogP contribution in [-0.4, -0.2) is 53.0 Å². The van der Waals surface area contributed by atoms with Crippen molar-refractivity contribution in [1.29, 1.82) is 0 Å². The molecule has 0 spiro atoms. The molecular formula is C23H36N4O5. The first-order valence-electron chi connectivity index (χ1n) is 10.9. The molecule has 1 aromatic carbocycles. The highest BCUT2D eigenvalue weighted by Crippen LogP contribution is 2.09. The van der Waals surface area contributed by atoms with Gasteiger partial charge < -0.3 is 26.8 Å². The van der Waals surface area contributed by atoms with Crippen LogP contribution in [0.3, 0.4) is 0 Å². The smallest absolute Gasteiger partial charge is 0.326 e. The van der Waals surface area contributed by atoms with Gasteiger partial charge in [0.15, 0.2) is 0 Å². The number of carbonyl (C=O) groups is 4. The quantitative estimate of drug-likeness (QED) is 0.319. The lowest BCUT2D eigenvalue weighted by atomic mass is 9.97. The zero-order chi connectivity index (χ0) is 24.4. The maximum absolute atomic E-state index is 12.7. The fourth-order valence-corrected chi connectivity index (χ4v) is 3.01. The van der Waals surface area contributed by atoms with E-state index in [-0.39, 0.29) is 18.3 Å². The van der Waals surface area contributed by atoms with Crippen LogP contribution in [0.2, 0.25) is 0 Å². The topological polar surface area (TPSA) is 151 Å². The molecule has 0 fully saturated rings. The monoisotopic (exact) mass is 448 g/mol. The van der Waals surface area contributed by atoms with Crippen LogP contribution in [0.25, 0.3) is 0 Å². The van der Waals surface area contributed by atoms with Crippen molar-refractivity contribution in [3.63, 3.8) is 0 Å². The van der Waals surface area contributed by atoms with Gasteiger partial charge >= 0.3 is 5.97 Å². The van der Waals surface area contributed by atoms with E-state index in [1.54, 1.807) is 38.1 Å². The number of rotatable bonds is 12. The van der Waals surface area contributed by atoms with Gasteiger partial charge in [-0.15, -0.1) is 0 Å². The number of hydrogen-bond donors (Lipinski definition) is 5. The van der Waals surface area contributed by atoms with E-state index in [2.05, 4.69) is 16.0 Å². The number of aliphatic carboxylic acids is 1. The summed E-state index contributed by atoms with van der Waals surface area (Å²) in [6.07, 6.45) is 0.832. The molecule has 1 aromatic rings. The van der Waals surface area contributed by atoms with E-state index in [1.165, 1.54) is 6.92 Å². The summed E-state index contributed by atoms with van der Waals surface area (Å²) in [5.74, 6) is -3.07. The number of carboxylic acids is 1. The first-order valence-corrected chi connectivity index (χ1v) is 10.9. The summed E-state index contributed by atoms with van der Waals surface area (Å²) in [7, 11) is 0. The van der Waals surface area contributed by atoms with Crippen molar-refractivity contribution in [1.82, 2.24) is 16.0 Å². The number of benzene rings is 1. The van der Waals surface area contributed by atoms with E-state index >= 15 is 0 Å². The molecule has 5 atom stereocenters. The zero-order valence-corrected chi connectivity index (χ0v) is 19.4. The van der Waals surface area contributed by atoms with Gasteiger partial charge in [0, 0.05) is 6.42 Å². The van der Waals surface area contributed by atoms with Crippen molar-refractivity contribution in [2.45, 2.75) is 71.6 Å². The highest BCUT2D eigenvalue weighted by atomic mass is 16.4. The molecule has 5 unspecified atom stereocenters. The van der Waals surface area contributed by atoms with Gasteiger partial charge in [-0.1, -0.05) is 64.4 Å². The maximum Gasteiger partial charge on any atom is 0.326 e. The molecule has 0 radical (unpaired) electrons. The summed E-state index contributed by atoms with van der Waals surface area (Å²) in [6.45, 7) is 8.77. The molecule has 1 rings (SSSR count). The molecular weight excluding hydrogens is 412 g/mol. The van der Waals surface area contributed by atoms with Crippen molar-refractivity contribution in [2.24, 2.45) is 17.6 Å². The minimum Gasteiger partial charge on any atom is -0.480 e. The molecule has 9 nitrogen and oxygen atoms in total. The van der Waals surface area contributed by atoms with Gasteiger partial charge in [-0.3, -0.25) is 14.4 Å². The van der Waals surface area contributed by atoms with Crippen LogP contribution in [0.1, 0.15) is 46.6 Å². The van der Waals surface area contributed by atoms with Crippen molar-refractivity contribution < 1.29 is 24.3 Å². The van der Waals surface area contributed by atoms with Crippen LogP contribution in [0, 0.1) is 11.8 Å². The first-order chi connectivity index (χ1) is 15.0. The minimum absolute atomic E-state index is 0.0480. The third-order valence-electron chi connectivity index (χ3n) is 5.46. The van der Waals surface area contributed by atoms with Gasteiger partial charge in [-0.2, -0.15) is 0 Å². The standard InChI is InChI=1S/C23H36N4O5/c1-6-14(4)18(24)21(29)27-19(13(2)3)22(30)25-15(5)20(28)26-17(23(31)32)12-16-10-8-7-9-11-16/h7-11,13-15,17-19H,6,12,24H2,1-5H3,(H,25,30)(H,26,28)(H,27,29)(H,31,32). The average Bonchev–Trinajstić information content (AvgIpc) is 2.75. The van der Waals surface area contributed by atoms with Crippen molar-refractivity contribution in [3.8, 4) is 0 Å². The molecule has 0 aliphatic carbocycles. The normalized spacial score (nSPS) is 15.7. The summed E-state index contributed by atoms with van der Waals surface area (Å²) in [5, 5.41) is 17.1. The van der Waals surface area contributed by atoms with Crippen LogP contribution in [0.5, 0.6) is 0 Å². The Morgan fingerprint density at radius 2 is 1.50 bits per heavy atom. The Hall–Kier alpha value is -2.94. The number of hydrogen-bond acceptors (Lipinski definition) is 5.